The summed E-state index contributed by atoms with van der Waals surface area (Å²) in [4.78, 5) is 28.5. The van der Waals surface area contributed by atoms with E-state index < -0.39 is 17.7 Å². The number of ether oxygens (including phenoxy) is 1. The Morgan fingerprint density at radius 2 is 1.75 bits per heavy atom. The van der Waals surface area contributed by atoms with Crippen LogP contribution in [0.2, 0.25) is 5.02 Å². The summed E-state index contributed by atoms with van der Waals surface area (Å²) in [6.07, 6.45) is 1.90. The van der Waals surface area contributed by atoms with E-state index in [2.05, 4.69) is 0 Å². The summed E-state index contributed by atoms with van der Waals surface area (Å²) in [5.74, 6) is -1.02. The summed E-state index contributed by atoms with van der Waals surface area (Å²) in [6, 6.07) is 17.3. The predicted octanol–water partition coefficient (Wildman–Crippen LogP) is 6.08. The summed E-state index contributed by atoms with van der Waals surface area (Å²) in [6.45, 7) is 3.69. The van der Waals surface area contributed by atoms with Crippen LogP contribution < -0.4 is 9.64 Å². The average Bonchev–Trinajstić information content (AvgIpc) is 3.33. The van der Waals surface area contributed by atoms with Gasteiger partial charge in [0.1, 0.15) is 11.5 Å². The van der Waals surface area contributed by atoms with E-state index in [1.165, 1.54) is 4.90 Å². The number of aryl methyl sites for hydroxylation is 3. The number of nitrogens with zero attached hydrogens (tertiary/aromatic N) is 2. The fourth-order valence-corrected chi connectivity index (χ4v) is 5.20. The van der Waals surface area contributed by atoms with E-state index in [-0.39, 0.29) is 11.3 Å². The molecular formula is C29H25ClN2O4. The number of hydrogen-bond acceptors (Lipinski definition) is 4. The largest absolute Gasteiger partial charge is 0.507 e. The molecule has 1 aromatic heterocycles. The average molecular weight is 501 g/mol. The Morgan fingerprint density at radius 1 is 1.00 bits per heavy atom. The van der Waals surface area contributed by atoms with Crippen molar-refractivity contribution in [3.8, 4) is 5.75 Å². The zero-order valence-corrected chi connectivity index (χ0v) is 21.1. The molecule has 182 valence electrons. The van der Waals surface area contributed by atoms with Crippen molar-refractivity contribution >= 4 is 45.6 Å². The highest BCUT2D eigenvalue weighted by atomic mass is 35.5. The number of aliphatic hydroxyl groups is 1. The van der Waals surface area contributed by atoms with Crippen LogP contribution in [0.5, 0.6) is 5.75 Å². The number of carbonyl (C=O) groups excluding carboxylic acids is 2. The van der Waals surface area contributed by atoms with Gasteiger partial charge in [0.15, 0.2) is 0 Å². The third kappa shape index (κ3) is 3.65. The van der Waals surface area contributed by atoms with Crippen LogP contribution in [0.3, 0.4) is 0 Å². The molecule has 4 aromatic rings. The molecule has 1 aliphatic heterocycles. The zero-order valence-electron chi connectivity index (χ0n) is 20.4. The Morgan fingerprint density at radius 3 is 2.47 bits per heavy atom. The van der Waals surface area contributed by atoms with E-state index in [9.17, 15) is 14.7 Å². The zero-order chi connectivity index (χ0) is 25.7. The van der Waals surface area contributed by atoms with E-state index >= 15 is 0 Å². The number of halogens is 1. The molecule has 1 saturated heterocycles. The van der Waals surface area contributed by atoms with Crippen LogP contribution in [0.4, 0.5) is 5.69 Å². The second-order valence-electron chi connectivity index (χ2n) is 9.00. The number of Topliss-reactive ketones (excluding diaryl/α,β-unsaturated/α-hetero) is 1. The molecule has 6 nitrogen and oxygen atoms in total. The van der Waals surface area contributed by atoms with E-state index in [4.69, 9.17) is 16.3 Å². The second kappa shape index (κ2) is 8.88. The Kier molecular flexibility index (Phi) is 5.85. The van der Waals surface area contributed by atoms with Crippen molar-refractivity contribution in [3.05, 3.63) is 99.7 Å². The lowest BCUT2D eigenvalue weighted by atomic mass is 9.92. The van der Waals surface area contributed by atoms with Crippen LogP contribution in [0, 0.1) is 13.8 Å². The monoisotopic (exact) mass is 500 g/mol. The van der Waals surface area contributed by atoms with Gasteiger partial charge in [-0.15, -0.1) is 0 Å². The minimum atomic E-state index is -0.851. The lowest BCUT2D eigenvalue weighted by Gasteiger charge is -2.25. The molecule has 7 heteroatoms. The summed E-state index contributed by atoms with van der Waals surface area (Å²) in [7, 11) is 3.49. The first-order valence-electron chi connectivity index (χ1n) is 11.5. The smallest absolute Gasteiger partial charge is 0.300 e. The number of para-hydroxylation sites is 1. The van der Waals surface area contributed by atoms with Crippen LogP contribution in [0.25, 0.3) is 16.7 Å². The first kappa shape index (κ1) is 23.7. The molecule has 0 spiro atoms. The molecule has 0 saturated carbocycles. The van der Waals surface area contributed by atoms with Crippen molar-refractivity contribution in [1.82, 2.24) is 4.57 Å². The first-order chi connectivity index (χ1) is 17.2. The summed E-state index contributed by atoms with van der Waals surface area (Å²) < 4.78 is 7.36. The van der Waals surface area contributed by atoms with Gasteiger partial charge in [-0.2, -0.15) is 0 Å². The topological polar surface area (TPSA) is 71.8 Å². The van der Waals surface area contributed by atoms with E-state index in [1.54, 1.807) is 37.4 Å². The Hall–Kier alpha value is -4.03. The third-order valence-corrected chi connectivity index (χ3v) is 6.99. The first-order valence-corrected chi connectivity index (χ1v) is 11.9. The number of hydrogen-bond donors (Lipinski definition) is 1. The lowest BCUT2D eigenvalue weighted by Crippen LogP contribution is -2.29. The molecule has 2 heterocycles. The number of benzene rings is 3. The van der Waals surface area contributed by atoms with Crippen LogP contribution in [-0.2, 0) is 16.6 Å². The van der Waals surface area contributed by atoms with Crippen molar-refractivity contribution in [2.45, 2.75) is 19.9 Å². The van der Waals surface area contributed by atoms with Gasteiger partial charge in [-0.05, 0) is 61.4 Å². The number of aliphatic hydroxyl groups excluding tert-OH is 1. The van der Waals surface area contributed by atoms with Crippen molar-refractivity contribution in [1.29, 1.82) is 0 Å². The quantitative estimate of drug-likeness (QED) is 0.209. The summed E-state index contributed by atoms with van der Waals surface area (Å²) >= 11 is 6.26. The van der Waals surface area contributed by atoms with Crippen LogP contribution in [0.1, 0.15) is 28.3 Å². The SMILES string of the molecule is COc1cc(C)c(/C(O)=C2\C(=O)C(=O)N(c3cccc(Cl)c3)C2c2cn(C)c3ccccc23)cc1C. The van der Waals surface area contributed by atoms with Crippen molar-refractivity contribution < 1.29 is 19.4 Å². The molecule has 1 unspecified atom stereocenters. The van der Waals surface area contributed by atoms with Crippen LogP contribution >= 0.6 is 11.6 Å². The van der Waals surface area contributed by atoms with Gasteiger partial charge in [0.05, 0.1) is 18.7 Å². The van der Waals surface area contributed by atoms with Crippen LogP contribution in [0.15, 0.2) is 72.4 Å². The van der Waals surface area contributed by atoms with Gasteiger partial charge in [0, 0.05) is 46.0 Å². The number of fused-ring (bicyclic) bond motifs is 1. The highest BCUT2D eigenvalue weighted by Crippen LogP contribution is 2.45. The third-order valence-electron chi connectivity index (χ3n) is 6.75. The Labute approximate surface area is 214 Å². The molecule has 0 aliphatic carbocycles. The Bertz CT molecular complexity index is 1580. The molecule has 1 fully saturated rings. The molecule has 0 radical (unpaired) electrons. The van der Waals surface area contributed by atoms with Gasteiger partial charge in [-0.1, -0.05) is 35.9 Å². The summed E-state index contributed by atoms with van der Waals surface area (Å²) in [5, 5.41) is 12.9. The van der Waals surface area contributed by atoms with Gasteiger partial charge in [-0.25, -0.2) is 0 Å². The molecule has 1 atom stereocenters. The maximum atomic E-state index is 13.6. The second-order valence-corrected chi connectivity index (χ2v) is 9.43. The molecule has 5 rings (SSSR count). The van der Waals surface area contributed by atoms with E-state index in [0.29, 0.717) is 22.0 Å². The minimum Gasteiger partial charge on any atom is -0.507 e. The molecule has 0 bridgehead atoms. The summed E-state index contributed by atoms with van der Waals surface area (Å²) in [5.41, 5.74) is 4.18. The number of anilines is 1. The molecule has 1 N–H and O–H groups in total. The number of methoxy groups -OCH3 is 1. The fraction of sp³-hybridized carbons (Fsp3) is 0.172. The molecule has 1 amide bonds. The molecular weight excluding hydrogens is 476 g/mol. The van der Waals surface area contributed by atoms with Gasteiger partial charge in [-0.3, -0.25) is 14.5 Å². The lowest BCUT2D eigenvalue weighted by molar-refractivity contribution is -0.132. The number of rotatable bonds is 4. The highest BCUT2D eigenvalue weighted by Gasteiger charge is 2.48. The number of ketones is 1. The number of carbonyl (C=O) groups is 2. The molecule has 36 heavy (non-hydrogen) atoms. The van der Waals surface area contributed by atoms with Crippen molar-refractivity contribution in [2.75, 3.05) is 12.0 Å². The van der Waals surface area contributed by atoms with Crippen molar-refractivity contribution in [2.24, 2.45) is 7.05 Å². The minimum absolute atomic E-state index is 0.0315. The van der Waals surface area contributed by atoms with Gasteiger partial charge >= 0.3 is 0 Å². The Balaban J connectivity index is 1.82. The van der Waals surface area contributed by atoms with Gasteiger partial charge in [0.25, 0.3) is 11.7 Å². The van der Waals surface area contributed by atoms with Gasteiger partial charge in [0.2, 0.25) is 0 Å². The van der Waals surface area contributed by atoms with Crippen LogP contribution in [-0.4, -0.2) is 28.5 Å². The van der Waals surface area contributed by atoms with E-state index in [1.807, 2.05) is 62.0 Å². The number of amides is 1. The predicted molar refractivity (Wildman–Crippen MR) is 142 cm³/mol. The maximum Gasteiger partial charge on any atom is 0.300 e. The van der Waals surface area contributed by atoms with Gasteiger partial charge < -0.3 is 14.4 Å². The maximum absolute atomic E-state index is 13.6. The fourth-order valence-electron chi connectivity index (χ4n) is 5.02. The molecule has 3 aromatic carbocycles. The molecule has 1 aliphatic rings. The number of aromatic nitrogens is 1. The van der Waals surface area contributed by atoms with E-state index in [0.717, 1.165) is 27.6 Å². The normalized spacial score (nSPS) is 17.2. The standard InChI is InChI=1S/C29H25ClN2O4/c1-16-13-24(36-4)17(2)12-21(16)27(33)25-26(22-15-31(3)23-11-6-5-10-20(22)23)32(29(35)28(25)34)19-9-7-8-18(30)14-19/h5-15,26,33H,1-4H3/b27-25+. The van der Waals surface area contributed by atoms with Crippen molar-refractivity contribution in [3.63, 3.8) is 0 Å². The highest BCUT2D eigenvalue weighted by molar-refractivity contribution is 6.52.